The van der Waals surface area contributed by atoms with Gasteiger partial charge in [0.15, 0.2) is 0 Å². The molecular weight excluding hydrogens is 176 g/mol. The number of hydroxylamine groups is 1. The molecule has 0 saturated heterocycles. The first-order valence-electron chi connectivity index (χ1n) is 4.65. The van der Waals surface area contributed by atoms with Crippen molar-refractivity contribution in [2.24, 2.45) is 0 Å². The highest BCUT2D eigenvalue weighted by Gasteiger charge is 2.04. The first-order chi connectivity index (χ1) is 6.77. The second-order valence-electron chi connectivity index (χ2n) is 3.01. The van der Waals surface area contributed by atoms with Gasteiger partial charge in [0.2, 0.25) is 0 Å². The topological polar surface area (TPSA) is 45.0 Å². The zero-order valence-electron chi connectivity index (χ0n) is 8.45. The summed E-state index contributed by atoms with van der Waals surface area (Å²) < 4.78 is 0. The quantitative estimate of drug-likeness (QED) is 0.740. The van der Waals surface area contributed by atoms with E-state index in [1.165, 1.54) is 0 Å². The fraction of sp³-hybridized carbons (Fsp3) is 0.364. The lowest BCUT2D eigenvalue weighted by Gasteiger charge is -2.13. The molecule has 0 spiro atoms. The molecule has 3 heteroatoms. The van der Waals surface area contributed by atoms with Gasteiger partial charge in [0.05, 0.1) is 24.3 Å². The van der Waals surface area contributed by atoms with Crippen LogP contribution < -0.4 is 5.48 Å². The van der Waals surface area contributed by atoms with Gasteiger partial charge in [-0.25, -0.2) is 0 Å². The first kappa shape index (κ1) is 10.7. The highest BCUT2D eigenvalue weighted by molar-refractivity contribution is 5.33. The molecule has 1 N–H and O–H groups in total. The Labute approximate surface area is 84.3 Å². The van der Waals surface area contributed by atoms with Crippen molar-refractivity contribution >= 4 is 0 Å². The smallest absolute Gasteiger partial charge is 0.0991 e. The molecule has 0 aromatic heterocycles. The third-order valence-corrected chi connectivity index (χ3v) is 1.92. The van der Waals surface area contributed by atoms with Crippen LogP contribution in [0.25, 0.3) is 0 Å². The van der Waals surface area contributed by atoms with Gasteiger partial charge in [-0.05, 0) is 31.5 Å². The second-order valence-corrected chi connectivity index (χ2v) is 3.01. The van der Waals surface area contributed by atoms with Crippen molar-refractivity contribution in [3.05, 3.63) is 35.4 Å². The molecule has 1 aromatic rings. The van der Waals surface area contributed by atoms with E-state index < -0.39 is 0 Å². The van der Waals surface area contributed by atoms with Crippen LogP contribution in [0.2, 0.25) is 0 Å². The zero-order chi connectivity index (χ0) is 10.4. The van der Waals surface area contributed by atoms with Crippen molar-refractivity contribution in [3.8, 4) is 6.07 Å². The van der Waals surface area contributed by atoms with Crippen molar-refractivity contribution < 1.29 is 4.84 Å². The van der Waals surface area contributed by atoms with Gasteiger partial charge in [-0.15, -0.1) is 0 Å². The molecule has 0 aliphatic rings. The largest absolute Gasteiger partial charge is 0.302 e. The van der Waals surface area contributed by atoms with Crippen molar-refractivity contribution in [2.45, 2.75) is 19.9 Å². The molecule has 0 saturated carbocycles. The van der Waals surface area contributed by atoms with Crippen LogP contribution in [-0.4, -0.2) is 6.61 Å². The number of benzene rings is 1. The Bertz CT molecular complexity index is 330. The monoisotopic (exact) mass is 190 g/mol. The maximum atomic E-state index is 8.72. The maximum Gasteiger partial charge on any atom is 0.0991 e. The molecule has 14 heavy (non-hydrogen) atoms. The lowest BCUT2D eigenvalue weighted by atomic mass is 10.1. The lowest BCUT2D eigenvalue weighted by molar-refractivity contribution is 0.0285. The van der Waals surface area contributed by atoms with Gasteiger partial charge in [0, 0.05) is 0 Å². The van der Waals surface area contributed by atoms with Gasteiger partial charge in [-0.1, -0.05) is 12.1 Å². The van der Waals surface area contributed by atoms with Crippen molar-refractivity contribution in [1.82, 2.24) is 5.48 Å². The number of nitriles is 1. The number of hydrogen-bond acceptors (Lipinski definition) is 3. The standard InChI is InChI=1S/C11H14N2O/c1-3-14-13-9(2)11-6-4-5-10(7-11)8-12/h4-7,9,13H,3H2,1-2H3. The Hall–Kier alpha value is -1.37. The fourth-order valence-corrected chi connectivity index (χ4v) is 1.15. The summed E-state index contributed by atoms with van der Waals surface area (Å²) >= 11 is 0. The summed E-state index contributed by atoms with van der Waals surface area (Å²) in [5.41, 5.74) is 4.62. The highest BCUT2D eigenvalue weighted by atomic mass is 16.6. The number of nitrogens with zero attached hydrogens (tertiary/aromatic N) is 1. The fourth-order valence-electron chi connectivity index (χ4n) is 1.15. The Kier molecular flexibility index (Phi) is 4.11. The summed E-state index contributed by atoms with van der Waals surface area (Å²) in [6.07, 6.45) is 0. The van der Waals surface area contributed by atoms with Gasteiger partial charge >= 0.3 is 0 Å². The van der Waals surface area contributed by atoms with Gasteiger partial charge in [-0.2, -0.15) is 10.7 Å². The molecule has 1 atom stereocenters. The Morgan fingerprint density at radius 3 is 3.00 bits per heavy atom. The van der Waals surface area contributed by atoms with E-state index in [-0.39, 0.29) is 6.04 Å². The normalized spacial score (nSPS) is 12.1. The van der Waals surface area contributed by atoms with E-state index in [0.29, 0.717) is 12.2 Å². The zero-order valence-corrected chi connectivity index (χ0v) is 8.45. The van der Waals surface area contributed by atoms with Gasteiger partial charge in [0.1, 0.15) is 0 Å². The van der Waals surface area contributed by atoms with Crippen LogP contribution in [0.15, 0.2) is 24.3 Å². The number of rotatable bonds is 4. The SMILES string of the molecule is CCONC(C)c1cccc(C#N)c1. The number of nitrogens with one attached hydrogen (secondary N) is 1. The molecule has 0 aliphatic carbocycles. The van der Waals surface area contributed by atoms with Crippen LogP contribution in [0.4, 0.5) is 0 Å². The summed E-state index contributed by atoms with van der Waals surface area (Å²) in [6.45, 7) is 4.54. The van der Waals surface area contributed by atoms with Crippen LogP contribution in [0, 0.1) is 11.3 Å². The van der Waals surface area contributed by atoms with Crippen LogP contribution in [0.1, 0.15) is 31.0 Å². The molecule has 0 fully saturated rings. The van der Waals surface area contributed by atoms with Crippen LogP contribution in [0.3, 0.4) is 0 Å². The van der Waals surface area contributed by atoms with E-state index in [1.807, 2.05) is 32.0 Å². The summed E-state index contributed by atoms with van der Waals surface area (Å²) in [5, 5.41) is 8.72. The van der Waals surface area contributed by atoms with Gasteiger partial charge in [0.25, 0.3) is 0 Å². The molecule has 3 nitrogen and oxygen atoms in total. The molecule has 0 radical (unpaired) electrons. The minimum absolute atomic E-state index is 0.100. The molecule has 0 bridgehead atoms. The predicted octanol–water partition coefficient (Wildman–Crippen LogP) is 2.16. The highest BCUT2D eigenvalue weighted by Crippen LogP contribution is 2.13. The van der Waals surface area contributed by atoms with E-state index >= 15 is 0 Å². The predicted molar refractivity (Wildman–Crippen MR) is 54.3 cm³/mol. The summed E-state index contributed by atoms with van der Waals surface area (Å²) in [4.78, 5) is 5.09. The van der Waals surface area contributed by atoms with Crippen LogP contribution >= 0.6 is 0 Å². The molecule has 1 rings (SSSR count). The summed E-state index contributed by atoms with van der Waals surface area (Å²) in [5.74, 6) is 0. The van der Waals surface area contributed by atoms with E-state index in [2.05, 4.69) is 11.5 Å². The Morgan fingerprint density at radius 2 is 2.36 bits per heavy atom. The molecular formula is C11H14N2O. The molecule has 1 unspecified atom stereocenters. The van der Waals surface area contributed by atoms with Crippen LogP contribution in [0.5, 0.6) is 0 Å². The average molecular weight is 190 g/mol. The summed E-state index contributed by atoms with van der Waals surface area (Å²) in [7, 11) is 0. The van der Waals surface area contributed by atoms with Crippen molar-refractivity contribution in [1.29, 1.82) is 5.26 Å². The van der Waals surface area contributed by atoms with Crippen molar-refractivity contribution in [3.63, 3.8) is 0 Å². The Balaban J connectivity index is 2.70. The number of hydrogen-bond donors (Lipinski definition) is 1. The van der Waals surface area contributed by atoms with E-state index in [4.69, 9.17) is 10.1 Å². The van der Waals surface area contributed by atoms with Gasteiger partial charge < -0.3 is 4.84 Å². The second kappa shape index (κ2) is 5.38. The van der Waals surface area contributed by atoms with Gasteiger partial charge in [-0.3, -0.25) is 0 Å². The van der Waals surface area contributed by atoms with Crippen molar-refractivity contribution in [2.75, 3.05) is 6.61 Å². The maximum absolute atomic E-state index is 8.72. The van der Waals surface area contributed by atoms with E-state index in [0.717, 1.165) is 5.56 Å². The molecule has 1 aromatic carbocycles. The minimum atomic E-state index is 0.100. The first-order valence-corrected chi connectivity index (χ1v) is 4.65. The molecule has 0 heterocycles. The Morgan fingerprint density at radius 1 is 1.57 bits per heavy atom. The van der Waals surface area contributed by atoms with E-state index in [9.17, 15) is 0 Å². The third-order valence-electron chi connectivity index (χ3n) is 1.92. The average Bonchev–Trinajstić information content (AvgIpc) is 2.26. The molecule has 0 aliphatic heterocycles. The lowest BCUT2D eigenvalue weighted by Crippen LogP contribution is -2.18. The summed E-state index contributed by atoms with van der Waals surface area (Å²) in [6, 6.07) is 9.70. The molecule has 74 valence electrons. The van der Waals surface area contributed by atoms with Crippen LogP contribution in [-0.2, 0) is 4.84 Å². The minimum Gasteiger partial charge on any atom is -0.302 e. The third kappa shape index (κ3) is 2.84. The molecule has 0 amide bonds. The van der Waals surface area contributed by atoms with E-state index in [1.54, 1.807) is 6.07 Å².